The van der Waals surface area contributed by atoms with Crippen LogP contribution in [0.15, 0.2) is 35.3 Å². The second-order valence-electron chi connectivity index (χ2n) is 7.65. The molecule has 14 nitrogen and oxygen atoms in total. The van der Waals surface area contributed by atoms with E-state index in [0.29, 0.717) is 12.0 Å². The number of hydrogen-bond acceptors (Lipinski definition) is 7. The number of amides is 4. The van der Waals surface area contributed by atoms with E-state index >= 15 is 0 Å². The van der Waals surface area contributed by atoms with Crippen LogP contribution in [0.3, 0.4) is 0 Å². The fourth-order valence-corrected chi connectivity index (χ4v) is 2.96. The van der Waals surface area contributed by atoms with Crippen LogP contribution in [0.25, 0.3) is 0 Å². The predicted molar refractivity (Wildman–Crippen MR) is 126 cm³/mol. The first-order chi connectivity index (χ1) is 16.5. The molecular weight excluding hydrogens is 460 g/mol. The van der Waals surface area contributed by atoms with Crippen LogP contribution in [0.2, 0.25) is 0 Å². The Kier molecular flexibility index (Phi) is 12.2. The molecule has 0 heterocycles. The molecule has 35 heavy (non-hydrogen) atoms. The third kappa shape index (κ3) is 12.0. The van der Waals surface area contributed by atoms with Crippen molar-refractivity contribution in [3.05, 3.63) is 35.9 Å². The molecular formula is C21H32N8O6. The number of nitrogens with one attached hydrogen (secondary N) is 3. The lowest BCUT2D eigenvalue weighted by atomic mass is 10.0. The summed E-state index contributed by atoms with van der Waals surface area (Å²) in [6.07, 6.45) is 0.142. The van der Waals surface area contributed by atoms with Gasteiger partial charge in [0.05, 0.1) is 12.5 Å². The molecule has 3 atom stereocenters. The van der Waals surface area contributed by atoms with Crippen molar-refractivity contribution in [1.29, 1.82) is 0 Å². The normalized spacial score (nSPS) is 12.9. The average Bonchev–Trinajstić information content (AvgIpc) is 2.79. The molecule has 0 saturated heterocycles. The number of primary amides is 1. The van der Waals surface area contributed by atoms with Crippen molar-refractivity contribution < 1.29 is 29.1 Å². The summed E-state index contributed by atoms with van der Waals surface area (Å²) in [5, 5.41) is 15.7. The first kappa shape index (κ1) is 28.8. The van der Waals surface area contributed by atoms with Crippen LogP contribution in [0.5, 0.6) is 0 Å². The van der Waals surface area contributed by atoms with Gasteiger partial charge in [0, 0.05) is 13.0 Å². The molecule has 12 N–H and O–H groups in total. The zero-order chi connectivity index (χ0) is 26.4. The summed E-state index contributed by atoms with van der Waals surface area (Å²) >= 11 is 0. The largest absolute Gasteiger partial charge is 0.480 e. The van der Waals surface area contributed by atoms with E-state index in [4.69, 9.17) is 28.0 Å². The molecule has 0 aliphatic carbocycles. The first-order valence-electron chi connectivity index (χ1n) is 10.7. The van der Waals surface area contributed by atoms with Crippen molar-refractivity contribution in [2.45, 2.75) is 43.8 Å². The van der Waals surface area contributed by atoms with Crippen LogP contribution in [-0.4, -0.2) is 71.9 Å². The summed E-state index contributed by atoms with van der Waals surface area (Å²) in [4.78, 5) is 63.9. The molecule has 4 amide bonds. The second kappa shape index (κ2) is 14.8. The number of carbonyl (C=O) groups excluding carboxylic acids is 4. The second-order valence-corrected chi connectivity index (χ2v) is 7.65. The van der Waals surface area contributed by atoms with Gasteiger partial charge in [-0.3, -0.25) is 29.0 Å². The molecule has 3 unspecified atom stereocenters. The Labute approximate surface area is 201 Å². The van der Waals surface area contributed by atoms with Crippen molar-refractivity contribution in [3.8, 4) is 0 Å². The molecule has 0 bridgehead atoms. The van der Waals surface area contributed by atoms with Gasteiger partial charge in [0.15, 0.2) is 5.96 Å². The Hall–Kier alpha value is -4.20. The quantitative estimate of drug-likeness (QED) is 0.0690. The fraction of sp³-hybridized carbons (Fsp3) is 0.429. The molecule has 1 rings (SSSR count). The molecule has 0 aliphatic heterocycles. The van der Waals surface area contributed by atoms with E-state index in [9.17, 15) is 24.0 Å². The van der Waals surface area contributed by atoms with E-state index in [1.54, 1.807) is 30.3 Å². The number of nitrogens with zero attached hydrogens (tertiary/aromatic N) is 1. The minimum Gasteiger partial charge on any atom is -0.480 e. The van der Waals surface area contributed by atoms with E-state index in [1.807, 2.05) is 0 Å². The summed E-state index contributed by atoms with van der Waals surface area (Å²) in [5.41, 5.74) is 22.3. The fourth-order valence-electron chi connectivity index (χ4n) is 2.96. The highest BCUT2D eigenvalue weighted by Crippen LogP contribution is 2.06. The molecule has 1 aromatic rings. The third-order valence-electron chi connectivity index (χ3n) is 4.67. The number of benzene rings is 1. The molecule has 0 aromatic heterocycles. The lowest BCUT2D eigenvalue weighted by Gasteiger charge is -2.24. The van der Waals surface area contributed by atoms with Crippen LogP contribution < -0.4 is 38.9 Å². The number of carbonyl (C=O) groups is 5. The van der Waals surface area contributed by atoms with E-state index < -0.39 is 60.7 Å². The number of aliphatic carboxylic acids is 1. The summed E-state index contributed by atoms with van der Waals surface area (Å²) in [6, 6.07) is 5.19. The SMILES string of the molecule is NC(=O)CC(NC(=O)C(Cc1ccccc1)NC(=O)C(N)CCCN=C(N)N)C(=O)NCC(=O)O. The number of carboxylic acids is 1. The maximum absolute atomic E-state index is 13.0. The van der Waals surface area contributed by atoms with Gasteiger partial charge in [-0.1, -0.05) is 30.3 Å². The van der Waals surface area contributed by atoms with E-state index in [-0.39, 0.29) is 25.3 Å². The van der Waals surface area contributed by atoms with Crippen LogP contribution in [0, 0.1) is 0 Å². The van der Waals surface area contributed by atoms with Crippen LogP contribution >= 0.6 is 0 Å². The van der Waals surface area contributed by atoms with Gasteiger partial charge in [0.25, 0.3) is 0 Å². The van der Waals surface area contributed by atoms with Crippen molar-refractivity contribution in [2.75, 3.05) is 13.1 Å². The van der Waals surface area contributed by atoms with Crippen molar-refractivity contribution >= 4 is 35.6 Å². The lowest BCUT2D eigenvalue weighted by molar-refractivity contribution is -0.138. The van der Waals surface area contributed by atoms with Gasteiger partial charge in [0.2, 0.25) is 23.6 Å². The van der Waals surface area contributed by atoms with Gasteiger partial charge in [0.1, 0.15) is 18.6 Å². The molecule has 0 aliphatic rings. The van der Waals surface area contributed by atoms with E-state index in [0.717, 1.165) is 0 Å². The zero-order valence-corrected chi connectivity index (χ0v) is 19.1. The Morgan fingerprint density at radius 2 is 1.54 bits per heavy atom. The first-order valence-corrected chi connectivity index (χ1v) is 10.7. The summed E-state index contributed by atoms with van der Waals surface area (Å²) in [5.74, 6) is -4.61. The van der Waals surface area contributed by atoms with E-state index in [1.165, 1.54) is 0 Å². The Morgan fingerprint density at radius 3 is 2.11 bits per heavy atom. The summed E-state index contributed by atoms with van der Waals surface area (Å²) in [6.45, 7) is -0.444. The van der Waals surface area contributed by atoms with Gasteiger partial charge < -0.3 is 44.0 Å². The van der Waals surface area contributed by atoms with Gasteiger partial charge in [-0.15, -0.1) is 0 Å². The molecule has 0 fully saturated rings. The molecule has 0 radical (unpaired) electrons. The van der Waals surface area contributed by atoms with Gasteiger partial charge >= 0.3 is 5.97 Å². The topological polar surface area (TPSA) is 258 Å². The number of hydrogen-bond donors (Lipinski definition) is 8. The standard InChI is InChI=1S/C21H32N8O6/c22-13(7-4-8-26-21(24)25)18(33)28-14(9-12-5-2-1-3-6-12)20(35)29-15(10-16(23)30)19(34)27-11-17(31)32/h1-3,5-6,13-15H,4,7-11,22H2,(H2,23,30)(H,27,34)(H,28,33)(H,29,35)(H,31,32)(H4,24,25,26). The molecule has 192 valence electrons. The smallest absolute Gasteiger partial charge is 0.322 e. The molecule has 1 aromatic carbocycles. The predicted octanol–water partition coefficient (Wildman–Crippen LogP) is -3.34. The van der Waals surface area contributed by atoms with Crippen molar-refractivity contribution in [3.63, 3.8) is 0 Å². The van der Waals surface area contributed by atoms with Crippen molar-refractivity contribution in [1.82, 2.24) is 16.0 Å². The van der Waals surface area contributed by atoms with Gasteiger partial charge in [-0.25, -0.2) is 0 Å². The monoisotopic (exact) mass is 492 g/mol. The highest BCUT2D eigenvalue weighted by Gasteiger charge is 2.29. The van der Waals surface area contributed by atoms with Crippen LogP contribution in [0.1, 0.15) is 24.8 Å². The zero-order valence-electron chi connectivity index (χ0n) is 19.1. The Balaban J connectivity index is 2.95. The summed E-state index contributed by atoms with van der Waals surface area (Å²) in [7, 11) is 0. The van der Waals surface area contributed by atoms with Crippen LogP contribution in [0.4, 0.5) is 0 Å². The third-order valence-corrected chi connectivity index (χ3v) is 4.67. The Morgan fingerprint density at radius 1 is 0.914 bits per heavy atom. The highest BCUT2D eigenvalue weighted by molar-refractivity contribution is 5.95. The van der Waals surface area contributed by atoms with Gasteiger partial charge in [-0.2, -0.15) is 0 Å². The number of carboxylic acid groups (broad SMARTS) is 1. The molecule has 0 saturated carbocycles. The number of aliphatic imine (C=N–C) groups is 1. The average molecular weight is 493 g/mol. The summed E-state index contributed by atoms with van der Waals surface area (Å²) < 4.78 is 0. The Bertz CT molecular complexity index is 920. The minimum atomic E-state index is -1.44. The van der Waals surface area contributed by atoms with Crippen LogP contribution in [-0.2, 0) is 30.4 Å². The number of guanidine groups is 1. The minimum absolute atomic E-state index is 0.0547. The molecule has 14 heteroatoms. The molecule has 0 spiro atoms. The maximum Gasteiger partial charge on any atom is 0.322 e. The number of rotatable bonds is 15. The lowest BCUT2D eigenvalue weighted by Crippen LogP contribution is -2.57. The van der Waals surface area contributed by atoms with Gasteiger partial charge in [-0.05, 0) is 18.4 Å². The van der Waals surface area contributed by atoms with E-state index in [2.05, 4.69) is 20.9 Å². The van der Waals surface area contributed by atoms with Crippen molar-refractivity contribution in [2.24, 2.45) is 27.9 Å². The highest BCUT2D eigenvalue weighted by atomic mass is 16.4. The maximum atomic E-state index is 13.0. The number of nitrogens with two attached hydrogens (primary N) is 4.